The highest BCUT2D eigenvalue weighted by Gasteiger charge is 2.12. The van der Waals surface area contributed by atoms with Crippen molar-refractivity contribution in [2.24, 2.45) is 5.10 Å². The van der Waals surface area contributed by atoms with E-state index in [1.165, 1.54) is 11.8 Å². The summed E-state index contributed by atoms with van der Waals surface area (Å²) >= 11 is 1.16. The Morgan fingerprint density at radius 3 is 2.58 bits per heavy atom. The minimum atomic E-state index is -3.53. The van der Waals surface area contributed by atoms with Gasteiger partial charge in [-0.05, 0) is 29.0 Å². The number of sulfonamides is 1. The zero-order chi connectivity index (χ0) is 13.7. The molecule has 2 rings (SSSR count). The van der Waals surface area contributed by atoms with Crippen LogP contribution in [0.15, 0.2) is 51.1 Å². The summed E-state index contributed by atoms with van der Waals surface area (Å²) in [6, 6.07) is 11.0. The van der Waals surface area contributed by atoms with Crippen molar-refractivity contribution in [3.63, 3.8) is 0 Å². The first-order valence-corrected chi connectivity index (χ1v) is 8.15. The summed E-state index contributed by atoms with van der Waals surface area (Å²) in [6.07, 6.45) is 2.47. The lowest BCUT2D eigenvalue weighted by molar-refractivity contribution is 0.587. The second-order valence-electron chi connectivity index (χ2n) is 3.88. The lowest BCUT2D eigenvalue weighted by atomic mass is 10.1. The highest BCUT2D eigenvalue weighted by Crippen LogP contribution is 2.15. The Kier molecular flexibility index (Phi) is 4.34. The Balaban J connectivity index is 2.03. The van der Waals surface area contributed by atoms with Crippen molar-refractivity contribution in [2.75, 3.05) is 0 Å². The molecule has 19 heavy (non-hydrogen) atoms. The van der Waals surface area contributed by atoms with E-state index in [1.54, 1.807) is 17.5 Å². The number of nitrogens with zero attached hydrogens (tertiary/aromatic N) is 1. The van der Waals surface area contributed by atoms with E-state index in [1.807, 2.05) is 24.3 Å². The molecule has 0 aliphatic heterocycles. The first-order valence-electron chi connectivity index (χ1n) is 5.79. The average Bonchev–Trinajstić information content (AvgIpc) is 2.94. The molecule has 6 heteroatoms. The molecule has 0 spiro atoms. The highest BCUT2D eigenvalue weighted by molar-refractivity contribution is 7.91. The van der Waals surface area contributed by atoms with Gasteiger partial charge >= 0.3 is 0 Å². The van der Waals surface area contributed by atoms with Crippen molar-refractivity contribution in [2.45, 2.75) is 17.6 Å². The molecule has 100 valence electrons. The Labute approximate surface area is 116 Å². The molecular weight excluding hydrogens is 280 g/mol. The largest absolute Gasteiger partial charge is 0.286 e. The van der Waals surface area contributed by atoms with Gasteiger partial charge in [-0.25, -0.2) is 0 Å². The van der Waals surface area contributed by atoms with Gasteiger partial charge in [-0.3, -0.25) is 0 Å². The summed E-state index contributed by atoms with van der Waals surface area (Å²) in [4.78, 5) is 2.19. The van der Waals surface area contributed by atoms with E-state index in [2.05, 4.69) is 16.9 Å². The summed E-state index contributed by atoms with van der Waals surface area (Å²) in [7, 11) is -3.53. The van der Waals surface area contributed by atoms with Gasteiger partial charge in [0.05, 0.1) is 6.21 Å². The normalized spacial score (nSPS) is 11.8. The number of hydrogen-bond donors (Lipinski definition) is 1. The molecule has 0 aliphatic carbocycles. The maximum atomic E-state index is 11.8. The third-order valence-corrected chi connectivity index (χ3v) is 5.15. The SMILES string of the molecule is CCc1ccc(/C=N/NS(=O)(=O)c2cccs2)cc1. The number of thiophene rings is 1. The van der Waals surface area contributed by atoms with Crippen LogP contribution in [0.1, 0.15) is 18.1 Å². The van der Waals surface area contributed by atoms with Gasteiger partial charge in [-0.15, -0.1) is 11.3 Å². The molecule has 0 saturated carbocycles. The van der Waals surface area contributed by atoms with Crippen LogP contribution in [0.5, 0.6) is 0 Å². The van der Waals surface area contributed by atoms with E-state index >= 15 is 0 Å². The third kappa shape index (κ3) is 3.65. The average molecular weight is 294 g/mol. The smallest absolute Gasteiger partial charge is 0.199 e. The molecule has 0 unspecified atom stereocenters. The maximum Gasteiger partial charge on any atom is 0.286 e. The van der Waals surface area contributed by atoms with Gasteiger partial charge in [0.2, 0.25) is 0 Å². The summed E-state index contributed by atoms with van der Waals surface area (Å²) < 4.78 is 23.8. The number of nitrogens with one attached hydrogen (secondary N) is 1. The molecule has 1 N–H and O–H groups in total. The van der Waals surface area contributed by atoms with E-state index in [0.29, 0.717) is 0 Å². The van der Waals surface area contributed by atoms with Crippen LogP contribution in [0.4, 0.5) is 0 Å². The fourth-order valence-electron chi connectivity index (χ4n) is 1.47. The van der Waals surface area contributed by atoms with Crippen molar-refractivity contribution in [3.8, 4) is 0 Å². The molecule has 0 saturated heterocycles. The molecule has 0 aliphatic rings. The van der Waals surface area contributed by atoms with Crippen molar-refractivity contribution in [3.05, 3.63) is 52.9 Å². The van der Waals surface area contributed by atoms with Crippen molar-refractivity contribution >= 4 is 27.6 Å². The standard InChI is InChI=1S/C13H14N2O2S2/c1-2-11-5-7-12(8-6-11)10-14-15-19(16,17)13-4-3-9-18-13/h3-10,15H,2H2,1H3/b14-10+. The third-order valence-electron chi connectivity index (χ3n) is 2.53. The van der Waals surface area contributed by atoms with Gasteiger partial charge in [-0.1, -0.05) is 37.3 Å². The summed E-state index contributed by atoms with van der Waals surface area (Å²) in [5, 5.41) is 5.48. The van der Waals surface area contributed by atoms with Crippen LogP contribution >= 0.6 is 11.3 Å². The van der Waals surface area contributed by atoms with Crippen molar-refractivity contribution < 1.29 is 8.42 Å². The van der Waals surface area contributed by atoms with Crippen molar-refractivity contribution in [1.82, 2.24) is 4.83 Å². The molecular formula is C13H14N2O2S2. The van der Waals surface area contributed by atoms with E-state index in [4.69, 9.17) is 0 Å². The van der Waals surface area contributed by atoms with Crippen LogP contribution in [0.3, 0.4) is 0 Å². The molecule has 1 aromatic heterocycles. The molecule has 0 fully saturated rings. The number of rotatable bonds is 5. The van der Waals surface area contributed by atoms with Crippen LogP contribution in [-0.2, 0) is 16.4 Å². The number of hydrogen-bond acceptors (Lipinski definition) is 4. The molecule has 2 aromatic rings. The van der Waals surface area contributed by atoms with E-state index in [9.17, 15) is 8.42 Å². The molecule has 0 bridgehead atoms. The second kappa shape index (κ2) is 5.99. The van der Waals surface area contributed by atoms with Crippen molar-refractivity contribution in [1.29, 1.82) is 0 Å². The minimum absolute atomic E-state index is 0.256. The van der Waals surface area contributed by atoms with Gasteiger partial charge in [0.25, 0.3) is 10.0 Å². The van der Waals surface area contributed by atoms with E-state index in [-0.39, 0.29) is 4.21 Å². The fourth-order valence-corrected chi connectivity index (χ4v) is 3.24. The Hall–Kier alpha value is -1.66. The summed E-state index contributed by atoms with van der Waals surface area (Å²) in [5.41, 5.74) is 2.09. The molecule has 1 aromatic carbocycles. The predicted octanol–water partition coefficient (Wildman–Crippen LogP) is 2.62. The predicted molar refractivity (Wildman–Crippen MR) is 78.1 cm³/mol. The first-order chi connectivity index (χ1) is 9.12. The summed E-state index contributed by atoms with van der Waals surface area (Å²) in [5.74, 6) is 0. The van der Waals surface area contributed by atoms with Gasteiger partial charge in [0.1, 0.15) is 4.21 Å². The van der Waals surface area contributed by atoms with Gasteiger partial charge in [-0.2, -0.15) is 18.4 Å². The van der Waals surface area contributed by atoms with Gasteiger partial charge in [0.15, 0.2) is 0 Å². The minimum Gasteiger partial charge on any atom is -0.199 e. The lowest BCUT2D eigenvalue weighted by Crippen LogP contribution is -2.17. The number of benzene rings is 1. The van der Waals surface area contributed by atoms with Crippen LogP contribution < -0.4 is 4.83 Å². The molecule has 1 heterocycles. The number of aryl methyl sites for hydroxylation is 1. The van der Waals surface area contributed by atoms with Crippen LogP contribution in [0.2, 0.25) is 0 Å². The van der Waals surface area contributed by atoms with Gasteiger partial charge in [0, 0.05) is 0 Å². The quantitative estimate of drug-likeness (QED) is 0.680. The Morgan fingerprint density at radius 1 is 1.26 bits per heavy atom. The zero-order valence-electron chi connectivity index (χ0n) is 10.4. The Bertz CT molecular complexity index is 644. The molecule has 4 nitrogen and oxygen atoms in total. The second-order valence-corrected chi connectivity index (χ2v) is 6.72. The fraction of sp³-hybridized carbons (Fsp3) is 0.154. The van der Waals surface area contributed by atoms with Crippen LogP contribution in [0, 0.1) is 0 Å². The molecule has 0 atom stereocenters. The zero-order valence-corrected chi connectivity index (χ0v) is 12.0. The molecule has 0 radical (unpaired) electrons. The van der Waals surface area contributed by atoms with E-state index in [0.717, 1.165) is 23.3 Å². The number of hydrazone groups is 1. The van der Waals surface area contributed by atoms with Crippen LogP contribution in [0.25, 0.3) is 0 Å². The van der Waals surface area contributed by atoms with E-state index < -0.39 is 10.0 Å². The monoisotopic (exact) mass is 294 g/mol. The molecule has 0 amide bonds. The van der Waals surface area contributed by atoms with Crippen LogP contribution in [-0.4, -0.2) is 14.6 Å². The topological polar surface area (TPSA) is 58.5 Å². The maximum absolute atomic E-state index is 11.8. The first kappa shape index (κ1) is 13.8. The summed E-state index contributed by atoms with van der Waals surface area (Å²) in [6.45, 7) is 2.08. The van der Waals surface area contributed by atoms with Gasteiger partial charge < -0.3 is 0 Å². The Morgan fingerprint density at radius 2 is 2.00 bits per heavy atom. The highest BCUT2D eigenvalue weighted by atomic mass is 32.2. The lowest BCUT2D eigenvalue weighted by Gasteiger charge is -2.00.